The molecule has 2 nitrogen and oxygen atoms in total. The molecule has 0 aliphatic carbocycles. The van der Waals surface area contributed by atoms with Gasteiger partial charge in [0.05, 0.1) is 6.07 Å². The maximum atomic E-state index is 8.12. The van der Waals surface area contributed by atoms with Crippen LogP contribution in [0.5, 0.6) is 0 Å². The first-order valence-electron chi connectivity index (χ1n) is 1.89. The highest BCUT2D eigenvalue weighted by Crippen LogP contribution is 1.66. The van der Waals surface area contributed by atoms with Gasteiger partial charge in [0.2, 0.25) is 0 Å². The summed E-state index contributed by atoms with van der Waals surface area (Å²) in [7, 11) is 0. The summed E-state index contributed by atoms with van der Waals surface area (Å²) >= 11 is 0. The van der Waals surface area contributed by atoms with Gasteiger partial charge in [-0.3, -0.25) is 0 Å². The highest BCUT2D eigenvalue weighted by Gasteiger charge is 1.80. The summed E-state index contributed by atoms with van der Waals surface area (Å²) < 4.78 is 6.34. The summed E-state index contributed by atoms with van der Waals surface area (Å²) in [6.07, 6.45) is -1.09. The monoisotopic (exact) mass is 71.0 g/mol. The summed E-state index contributed by atoms with van der Waals surface area (Å²) in [5, 5.41) is 15.8. The van der Waals surface area contributed by atoms with Crippen LogP contribution in [0.1, 0.15) is 8.27 Å². The zero-order valence-electron chi connectivity index (χ0n) is 3.68. The number of rotatable bonds is 0. The summed E-state index contributed by atoms with van der Waals surface area (Å²) in [6.45, 7) is -0.226. The lowest BCUT2D eigenvalue weighted by atomic mass is 10.5. The normalized spacial score (nSPS) is 15.6. The van der Waals surface area contributed by atoms with Crippen molar-refractivity contribution in [2.75, 3.05) is 0 Å². The summed E-state index contributed by atoms with van der Waals surface area (Å²) in [5.74, 6) is 0. The second-order valence-electron chi connectivity index (χ2n) is 0.645. The van der Waals surface area contributed by atoms with E-state index < -0.39 is 6.10 Å². The van der Waals surface area contributed by atoms with Gasteiger partial charge in [0.15, 0.2) is 0 Å². The molecule has 0 spiro atoms. The zero-order valence-corrected chi connectivity index (χ0v) is 2.68. The Bertz CT molecular complexity index is 67.7. The van der Waals surface area contributed by atoms with Gasteiger partial charge >= 0.3 is 0 Å². The molecule has 0 rings (SSSR count). The van der Waals surface area contributed by atoms with Gasteiger partial charge in [-0.15, -0.1) is 0 Å². The number of aliphatic hydroxyl groups excluding tert-OH is 1. The predicted molar refractivity (Wildman–Crippen MR) is 17.3 cm³/mol. The highest BCUT2D eigenvalue weighted by molar-refractivity contribution is 4.75. The maximum Gasteiger partial charge on any atom is 0.137 e. The Hall–Kier alpha value is -0.550. The van der Waals surface area contributed by atoms with Gasteiger partial charge in [-0.2, -0.15) is 5.26 Å². The Morgan fingerprint density at radius 1 is 2.40 bits per heavy atom. The van der Waals surface area contributed by atoms with Crippen LogP contribution in [0.15, 0.2) is 0 Å². The van der Waals surface area contributed by atoms with Crippen LogP contribution >= 0.6 is 0 Å². The van der Waals surface area contributed by atoms with Crippen molar-refractivity contribution in [3.05, 3.63) is 0 Å². The SMILES string of the molecule is [1H]CC(O)C#N. The van der Waals surface area contributed by atoms with Crippen molar-refractivity contribution in [3.63, 3.8) is 0 Å². The van der Waals surface area contributed by atoms with E-state index >= 15 is 0 Å². The van der Waals surface area contributed by atoms with Crippen LogP contribution in [0.2, 0.25) is 0 Å². The van der Waals surface area contributed by atoms with E-state index in [1.54, 1.807) is 0 Å². The minimum atomic E-state index is -1.09. The van der Waals surface area contributed by atoms with Crippen molar-refractivity contribution >= 4 is 0 Å². The predicted octanol–water partition coefficient (Wildman–Crippen LogP) is -0.109. The van der Waals surface area contributed by atoms with Gasteiger partial charge in [-0.25, -0.2) is 0 Å². The van der Waals surface area contributed by atoms with Crippen molar-refractivity contribution in [1.82, 2.24) is 0 Å². The smallest absolute Gasteiger partial charge is 0.137 e. The first kappa shape index (κ1) is 2.67. The van der Waals surface area contributed by atoms with Gasteiger partial charge in [-0.1, -0.05) is 0 Å². The van der Waals surface area contributed by atoms with E-state index in [1.807, 2.05) is 0 Å². The van der Waals surface area contributed by atoms with Crippen molar-refractivity contribution in [3.8, 4) is 6.07 Å². The number of nitrogens with zero attached hydrogens (tertiary/aromatic N) is 1. The topological polar surface area (TPSA) is 44.0 Å². The fourth-order valence-corrected chi connectivity index (χ4v) is 0. The quantitative estimate of drug-likeness (QED) is 0.405. The standard InChI is InChI=1S/C3H5NO/c1-3(5)2-4/h3,5H,1H3/i1H. The summed E-state index contributed by atoms with van der Waals surface area (Å²) in [4.78, 5) is 0. The molecule has 0 aromatic carbocycles. The van der Waals surface area contributed by atoms with Crippen LogP contribution in [0, 0.1) is 11.3 Å². The lowest BCUT2D eigenvalue weighted by Gasteiger charge is -1.76. The van der Waals surface area contributed by atoms with Crippen molar-refractivity contribution in [2.24, 2.45) is 0 Å². The van der Waals surface area contributed by atoms with E-state index in [4.69, 9.17) is 11.7 Å². The van der Waals surface area contributed by atoms with Gasteiger partial charge in [0.25, 0.3) is 0 Å². The lowest BCUT2D eigenvalue weighted by Crippen LogP contribution is -1.90. The number of nitriles is 1. The molecule has 0 fully saturated rings. The number of hydrogen-bond donors (Lipinski definition) is 1. The second-order valence-corrected chi connectivity index (χ2v) is 0.645. The molecule has 5 heavy (non-hydrogen) atoms. The molecule has 1 N–H and O–H groups in total. The Kier molecular flexibility index (Phi) is 0.931. The number of aliphatic hydroxyl groups is 1. The first-order valence-corrected chi connectivity index (χ1v) is 1.18. The van der Waals surface area contributed by atoms with Crippen molar-refractivity contribution in [2.45, 2.75) is 13.0 Å². The van der Waals surface area contributed by atoms with E-state index in [-0.39, 0.29) is 6.90 Å². The lowest BCUT2D eigenvalue weighted by molar-refractivity contribution is 0.251. The third-order valence-corrected chi connectivity index (χ3v) is 0.149. The van der Waals surface area contributed by atoms with Crippen molar-refractivity contribution in [1.29, 1.82) is 5.26 Å². The fourth-order valence-electron chi connectivity index (χ4n) is 0. The minimum absolute atomic E-state index is 0.226. The van der Waals surface area contributed by atoms with E-state index in [0.29, 0.717) is 0 Å². The van der Waals surface area contributed by atoms with Gasteiger partial charge in [0.1, 0.15) is 6.10 Å². The zero-order chi connectivity index (χ0) is 4.99. The van der Waals surface area contributed by atoms with E-state index in [1.165, 1.54) is 6.07 Å². The van der Waals surface area contributed by atoms with Gasteiger partial charge < -0.3 is 5.11 Å². The molecule has 0 aromatic rings. The largest absolute Gasteiger partial charge is 0.378 e. The average Bonchev–Trinajstić information content (AvgIpc) is 1.65. The van der Waals surface area contributed by atoms with E-state index in [9.17, 15) is 0 Å². The third-order valence-electron chi connectivity index (χ3n) is 0.149. The molecule has 0 amide bonds. The minimum Gasteiger partial charge on any atom is -0.378 e. The molecule has 0 aliphatic rings. The molecule has 1 unspecified atom stereocenters. The second kappa shape index (κ2) is 1.74. The third kappa shape index (κ3) is 3.45. The molecule has 0 heterocycles. The molecule has 0 bridgehead atoms. The molecular weight excluding hydrogens is 66.0 g/mol. The van der Waals surface area contributed by atoms with Crippen LogP contribution in [0.3, 0.4) is 0 Å². The molecule has 2 heteroatoms. The Morgan fingerprint density at radius 2 is 3.00 bits per heavy atom. The van der Waals surface area contributed by atoms with Crippen molar-refractivity contribution < 1.29 is 6.48 Å². The van der Waals surface area contributed by atoms with Gasteiger partial charge in [0, 0.05) is 1.37 Å². The molecule has 0 saturated carbocycles. The van der Waals surface area contributed by atoms with Crippen LogP contribution in [0.4, 0.5) is 0 Å². The summed E-state index contributed by atoms with van der Waals surface area (Å²) in [6, 6.07) is 1.48. The maximum absolute atomic E-state index is 8.12. The Labute approximate surface area is 32.1 Å². The molecule has 0 saturated heterocycles. The molecule has 1 atom stereocenters. The van der Waals surface area contributed by atoms with Crippen LogP contribution < -0.4 is 0 Å². The summed E-state index contributed by atoms with van der Waals surface area (Å²) in [5.41, 5.74) is 0. The van der Waals surface area contributed by atoms with E-state index in [0.717, 1.165) is 0 Å². The highest BCUT2D eigenvalue weighted by atomic mass is 16.3. The van der Waals surface area contributed by atoms with E-state index in [2.05, 4.69) is 0 Å². The molecule has 0 aliphatic heterocycles. The van der Waals surface area contributed by atoms with Crippen LogP contribution in [-0.4, -0.2) is 11.2 Å². The van der Waals surface area contributed by atoms with Crippen LogP contribution in [0.25, 0.3) is 0 Å². The molecular formula is C3H5NO. The first-order chi connectivity index (χ1) is 2.81. The fraction of sp³-hybridized carbons (Fsp3) is 0.667. The number of hydrogen-bond acceptors (Lipinski definition) is 2. The van der Waals surface area contributed by atoms with Gasteiger partial charge in [-0.05, 0) is 6.90 Å². The average molecular weight is 71.1 g/mol. The Balaban J connectivity index is 3.04. The van der Waals surface area contributed by atoms with Crippen LogP contribution in [-0.2, 0) is 0 Å². The molecule has 0 aromatic heterocycles. The molecule has 28 valence electrons. The molecule has 0 radical (unpaired) electrons. The Morgan fingerprint density at radius 3 is 3.00 bits per heavy atom.